The summed E-state index contributed by atoms with van der Waals surface area (Å²) in [4.78, 5) is 29.2. The minimum Gasteiger partial charge on any atom is -0.490 e. The number of carbonyl (C=O) groups is 2. The summed E-state index contributed by atoms with van der Waals surface area (Å²) in [5.41, 5.74) is 2.99. The summed E-state index contributed by atoms with van der Waals surface area (Å²) in [7, 11) is 0. The fourth-order valence-corrected chi connectivity index (χ4v) is 4.42. The molecule has 208 valence electrons. The zero-order chi connectivity index (χ0) is 28.0. The van der Waals surface area contributed by atoms with E-state index in [1.165, 1.54) is 0 Å². The molecule has 0 heterocycles. The summed E-state index contributed by atoms with van der Waals surface area (Å²) in [5.74, 6) is 1.19. The van der Waals surface area contributed by atoms with Crippen molar-refractivity contribution >= 4 is 11.8 Å². The molecule has 6 nitrogen and oxygen atoms in total. The van der Waals surface area contributed by atoms with Crippen LogP contribution < -0.4 is 14.8 Å². The van der Waals surface area contributed by atoms with E-state index in [-0.39, 0.29) is 24.3 Å². The van der Waals surface area contributed by atoms with Gasteiger partial charge in [0.15, 0.2) is 11.5 Å². The third kappa shape index (κ3) is 9.17. The normalized spacial score (nSPS) is 12.3. The maximum atomic E-state index is 13.9. The summed E-state index contributed by atoms with van der Waals surface area (Å²) in [6, 6.07) is 24.9. The number of nitrogens with zero attached hydrogens (tertiary/aromatic N) is 1. The molecule has 2 amide bonds. The van der Waals surface area contributed by atoms with Crippen LogP contribution in [-0.4, -0.2) is 42.0 Å². The van der Waals surface area contributed by atoms with Gasteiger partial charge in [-0.1, -0.05) is 73.7 Å². The van der Waals surface area contributed by atoms with E-state index in [9.17, 15) is 9.59 Å². The number of hydrogen-bond donors (Lipinski definition) is 1. The standard InChI is InChI=1S/C33H42N2O4/c1-5-25(4)34-33(37)29(22-26-14-10-8-11-15-26)35(24-28-16-12-9-13-17-28)32(36)21-19-27-18-20-30(38-6-2)31(23-27)39-7-3/h8-18,20,23,25,29H,5-7,19,21-22,24H2,1-4H3,(H,34,37)/t25-,29-/m1/s1. The Morgan fingerprint density at radius 1 is 0.795 bits per heavy atom. The molecular weight excluding hydrogens is 488 g/mol. The fraction of sp³-hybridized carbons (Fsp3) is 0.394. The van der Waals surface area contributed by atoms with E-state index >= 15 is 0 Å². The zero-order valence-electron chi connectivity index (χ0n) is 23.7. The predicted octanol–water partition coefficient (Wildman–Crippen LogP) is 5.97. The lowest BCUT2D eigenvalue weighted by Gasteiger charge is -2.32. The monoisotopic (exact) mass is 530 g/mol. The van der Waals surface area contributed by atoms with Crippen molar-refractivity contribution in [2.24, 2.45) is 0 Å². The molecule has 6 heteroatoms. The molecule has 3 rings (SSSR count). The summed E-state index contributed by atoms with van der Waals surface area (Å²) in [6.07, 6.45) is 2.06. The van der Waals surface area contributed by atoms with Crippen molar-refractivity contribution in [3.05, 3.63) is 95.6 Å². The lowest BCUT2D eigenvalue weighted by molar-refractivity contribution is -0.141. The van der Waals surface area contributed by atoms with Crippen molar-refractivity contribution < 1.29 is 19.1 Å². The first-order valence-corrected chi connectivity index (χ1v) is 14.0. The average Bonchev–Trinajstić information content (AvgIpc) is 2.96. The fourth-order valence-electron chi connectivity index (χ4n) is 4.42. The number of rotatable bonds is 15. The Kier molecular flexibility index (Phi) is 11.9. The van der Waals surface area contributed by atoms with Crippen molar-refractivity contribution in [2.75, 3.05) is 13.2 Å². The predicted molar refractivity (Wildman–Crippen MR) is 156 cm³/mol. The summed E-state index contributed by atoms with van der Waals surface area (Å²) in [5, 5.41) is 3.12. The second-order valence-corrected chi connectivity index (χ2v) is 9.68. The average molecular weight is 531 g/mol. The Labute approximate surface area is 233 Å². The van der Waals surface area contributed by atoms with Gasteiger partial charge in [-0.05, 0) is 62.4 Å². The van der Waals surface area contributed by atoms with E-state index < -0.39 is 6.04 Å². The molecule has 0 saturated heterocycles. The van der Waals surface area contributed by atoms with Crippen molar-refractivity contribution in [2.45, 2.75) is 72.0 Å². The lowest BCUT2D eigenvalue weighted by Crippen LogP contribution is -2.52. The van der Waals surface area contributed by atoms with Gasteiger partial charge in [0.1, 0.15) is 6.04 Å². The van der Waals surface area contributed by atoms with Crippen LogP contribution in [0.25, 0.3) is 0 Å². The van der Waals surface area contributed by atoms with E-state index in [2.05, 4.69) is 5.32 Å². The molecule has 3 aromatic carbocycles. The molecule has 0 aromatic heterocycles. The first-order valence-electron chi connectivity index (χ1n) is 14.0. The van der Waals surface area contributed by atoms with E-state index in [4.69, 9.17) is 9.47 Å². The Morgan fingerprint density at radius 2 is 1.41 bits per heavy atom. The molecular formula is C33H42N2O4. The molecule has 0 radical (unpaired) electrons. The number of carbonyl (C=O) groups excluding carboxylic acids is 2. The molecule has 39 heavy (non-hydrogen) atoms. The van der Waals surface area contributed by atoms with Gasteiger partial charge >= 0.3 is 0 Å². The minimum atomic E-state index is -0.631. The van der Waals surface area contributed by atoms with Crippen LogP contribution in [0.2, 0.25) is 0 Å². The van der Waals surface area contributed by atoms with Gasteiger partial charge in [0.25, 0.3) is 0 Å². The largest absolute Gasteiger partial charge is 0.490 e. The molecule has 2 atom stereocenters. The number of nitrogens with one attached hydrogen (secondary N) is 1. The highest BCUT2D eigenvalue weighted by Crippen LogP contribution is 2.29. The molecule has 0 aliphatic heterocycles. The van der Waals surface area contributed by atoms with E-state index in [1.807, 2.05) is 107 Å². The quantitative estimate of drug-likeness (QED) is 0.263. The summed E-state index contributed by atoms with van der Waals surface area (Å²) >= 11 is 0. The topological polar surface area (TPSA) is 67.9 Å². The van der Waals surface area contributed by atoms with Crippen LogP contribution in [-0.2, 0) is 29.0 Å². The third-order valence-electron chi connectivity index (χ3n) is 6.70. The molecule has 0 aliphatic rings. The number of hydrogen-bond acceptors (Lipinski definition) is 4. The Hall–Kier alpha value is -3.80. The molecule has 0 aliphatic carbocycles. The Balaban J connectivity index is 1.88. The number of amides is 2. The molecule has 1 N–H and O–H groups in total. The molecule has 0 unspecified atom stereocenters. The van der Waals surface area contributed by atoms with E-state index in [0.717, 1.165) is 23.1 Å². The van der Waals surface area contributed by atoms with Gasteiger partial charge in [-0.15, -0.1) is 0 Å². The second kappa shape index (κ2) is 15.6. The smallest absolute Gasteiger partial charge is 0.243 e. The van der Waals surface area contributed by atoms with Crippen LogP contribution in [0, 0.1) is 0 Å². The van der Waals surface area contributed by atoms with Gasteiger partial charge < -0.3 is 19.7 Å². The van der Waals surface area contributed by atoms with Crippen molar-refractivity contribution in [3.8, 4) is 11.5 Å². The van der Waals surface area contributed by atoms with Crippen molar-refractivity contribution in [3.63, 3.8) is 0 Å². The third-order valence-corrected chi connectivity index (χ3v) is 6.70. The van der Waals surface area contributed by atoms with Gasteiger partial charge in [0.2, 0.25) is 11.8 Å². The highest BCUT2D eigenvalue weighted by atomic mass is 16.5. The van der Waals surface area contributed by atoms with E-state index in [1.54, 1.807) is 4.90 Å². The zero-order valence-corrected chi connectivity index (χ0v) is 23.7. The summed E-state index contributed by atoms with van der Waals surface area (Å²) < 4.78 is 11.5. The molecule has 0 spiro atoms. The van der Waals surface area contributed by atoms with Crippen LogP contribution in [0.3, 0.4) is 0 Å². The summed E-state index contributed by atoms with van der Waals surface area (Å²) in [6.45, 7) is 9.34. The Bertz CT molecular complexity index is 1170. The van der Waals surface area contributed by atoms with Crippen molar-refractivity contribution in [1.29, 1.82) is 0 Å². The van der Waals surface area contributed by atoms with Gasteiger partial charge in [-0.2, -0.15) is 0 Å². The van der Waals surface area contributed by atoms with Crippen LogP contribution in [0.5, 0.6) is 11.5 Å². The number of ether oxygens (including phenoxy) is 2. The number of aryl methyl sites for hydroxylation is 1. The first kappa shape index (κ1) is 29.8. The van der Waals surface area contributed by atoms with Gasteiger partial charge in [0.05, 0.1) is 13.2 Å². The maximum Gasteiger partial charge on any atom is 0.243 e. The molecule has 0 saturated carbocycles. The van der Waals surface area contributed by atoms with Crippen LogP contribution in [0.4, 0.5) is 0 Å². The lowest BCUT2D eigenvalue weighted by atomic mass is 10.0. The highest BCUT2D eigenvalue weighted by molar-refractivity contribution is 5.88. The Morgan fingerprint density at radius 3 is 2.03 bits per heavy atom. The molecule has 0 fully saturated rings. The van der Waals surface area contributed by atoms with Gasteiger partial charge in [-0.3, -0.25) is 9.59 Å². The minimum absolute atomic E-state index is 0.0188. The number of benzene rings is 3. The second-order valence-electron chi connectivity index (χ2n) is 9.68. The maximum absolute atomic E-state index is 13.9. The SMILES string of the molecule is CCOc1ccc(CCC(=O)N(Cc2ccccc2)[C@H](Cc2ccccc2)C(=O)N[C@H](C)CC)cc1OCC. The van der Waals surface area contributed by atoms with Crippen LogP contribution in [0.1, 0.15) is 57.2 Å². The van der Waals surface area contributed by atoms with Gasteiger partial charge in [0, 0.05) is 25.4 Å². The van der Waals surface area contributed by atoms with Crippen molar-refractivity contribution in [1.82, 2.24) is 10.2 Å². The highest BCUT2D eigenvalue weighted by Gasteiger charge is 2.30. The van der Waals surface area contributed by atoms with E-state index in [0.29, 0.717) is 44.1 Å². The first-order chi connectivity index (χ1) is 18.9. The molecule has 3 aromatic rings. The van der Waals surface area contributed by atoms with Crippen LogP contribution in [0.15, 0.2) is 78.9 Å². The van der Waals surface area contributed by atoms with Gasteiger partial charge in [-0.25, -0.2) is 0 Å². The van der Waals surface area contributed by atoms with Crippen LogP contribution >= 0.6 is 0 Å². The molecule has 0 bridgehead atoms.